The van der Waals surface area contributed by atoms with Gasteiger partial charge in [-0.1, -0.05) is 38.1 Å². The average molecular weight is 267 g/mol. The van der Waals surface area contributed by atoms with Crippen molar-refractivity contribution in [3.8, 4) is 0 Å². The SMILES string of the molecule is CC(C)c1ccc(CSCCC(N)C(=O)O)cc1. The Balaban J connectivity index is 2.29. The lowest BCUT2D eigenvalue weighted by molar-refractivity contribution is -0.138. The molecule has 1 atom stereocenters. The maximum atomic E-state index is 10.5. The van der Waals surface area contributed by atoms with E-state index in [-0.39, 0.29) is 0 Å². The molecule has 0 aliphatic heterocycles. The van der Waals surface area contributed by atoms with E-state index in [0.29, 0.717) is 12.3 Å². The summed E-state index contributed by atoms with van der Waals surface area (Å²) in [5.74, 6) is 1.32. The maximum absolute atomic E-state index is 10.5. The molecule has 3 nitrogen and oxygen atoms in total. The van der Waals surface area contributed by atoms with Crippen LogP contribution in [0.2, 0.25) is 0 Å². The van der Waals surface area contributed by atoms with Crippen LogP contribution in [0.25, 0.3) is 0 Å². The highest BCUT2D eigenvalue weighted by molar-refractivity contribution is 7.98. The number of nitrogens with two attached hydrogens (primary N) is 1. The van der Waals surface area contributed by atoms with E-state index in [4.69, 9.17) is 10.8 Å². The van der Waals surface area contributed by atoms with Crippen molar-refractivity contribution in [1.82, 2.24) is 0 Å². The molecule has 0 spiro atoms. The van der Waals surface area contributed by atoms with E-state index >= 15 is 0 Å². The standard InChI is InChI=1S/C14H21NO2S/c1-10(2)12-5-3-11(4-6-12)9-18-8-7-13(15)14(16)17/h3-6,10,13H,7-9,15H2,1-2H3,(H,16,17). The molecule has 0 aromatic heterocycles. The molecule has 1 aromatic rings. The van der Waals surface area contributed by atoms with Gasteiger partial charge in [0.15, 0.2) is 0 Å². The van der Waals surface area contributed by atoms with Crippen LogP contribution in [0.1, 0.15) is 37.3 Å². The molecule has 0 fully saturated rings. The first-order valence-electron chi connectivity index (χ1n) is 6.15. The van der Waals surface area contributed by atoms with E-state index in [1.165, 1.54) is 11.1 Å². The van der Waals surface area contributed by atoms with Crippen molar-refractivity contribution in [1.29, 1.82) is 0 Å². The van der Waals surface area contributed by atoms with Crippen LogP contribution < -0.4 is 5.73 Å². The predicted octanol–water partition coefficient (Wildman–Crippen LogP) is 2.85. The van der Waals surface area contributed by atoms with Crippen molar-refractivity contribution < 1.29 is 9.90 Å². The third kappa shape index (κ3) is 5.10. The molecular formula is C14H21NO2S. The van der Waals surface area contributed by atoms with Crippen LogP contribution in [0.15, 0.2) is 24.3 Å². The minimum absolute atomic E-state index is 0.518. The smallest absolute Gasteiger partial charge is 0.320 e. The first kappa shape index (κ1) is 15.1. The molecule has 0 saturated heterocycles. The van der Waals surface area contributed by atoms with Gasteiger partial charge in [-0.15, -0.1) is 0 Å². The van der Waals surface area contributed by atoms with Gasteiger partial charge in [0.2, 0.25) is 0 Å². The number of thioether (sulfide) groups is 1. The van der Waals surface area contributed by atoms with Gasteiger partial charge in [0.05, 0.1) is 0 Å². The van der Waals surface area contributed by atoms with Gasteiger partial charge in [-0.3, -0.25) is 4.79 Å². The molecule has 0 bridgehead atoms. The third-order valence-electron chi connectivity index (χ3n) is 2.81. The Kier molecular flexibility index (Phi) is 6.22. The summed E-state index contributed by atoms with van der Waals surface area (Å²) in [4.78, 5) is 10.5. The van der Waals surface area contributed by atoms with Gasteiger partial charge in [-0.2, -0.15) is 11.8 Å². The zero-order chi connectivity index (χ0) is 13.5. The Morgan fingerprint density at radius 3 is 2.44 bits per heavy atom. The molecule has 0 saturated carbocycles. The monoisotopic (exact) mass is 267 g/mol. The van der Waals surface area contributed by atoms with Crippen molar-refractivity contribution in [2.24, 2.45) is 5.73 Å². The van der Waals surface area contributed by atoms with Gasteiger partial charge in [0.1, 0.15) is 6.04 Å². The first-order valence-corrected chi connectivity index (χ1v) is 7.31. The molecule has 0 radical (unpaired) electrons. The second kappa shape index (κ2) is 7.44. The number of carbonyl (C=O) groups is 1. The quantitative estimate of drug-likeness (QED) is 0.746. The summed E-state index contributed by atoms with van der Waals surface area (Å²) < 4.78 is 0. The Bertz CT molecular complexity index is 376. The number of aliphatic carboxylic acids is 1. The van der Waals surface area contributed by atoms with Crippen LogP contribution in [-0.2, 0) is 10.5 Å². The zero-order valence-corrected chi connectivity index (χ0v) is 11.7. The topological polar surface area (TPSA) is 63.3 Å². The number of benzene rings is 1. The summed E-state index contributed by atoms with van der Waals surface area (Å²) in [7, 11) is 0. The Morgan fingerprint density at radius 1 is 1.33 bits per heavy atom. The fourth-order valence-corrected chi connectivity index (χ4v) is 2.52. The van der Waals surface area contributed by atoms with E-state index in [9.17, 15) is 4.79 Å². The lowest BCUT2D eigenvalue weighted by Crippen LogP contribution is -2.30. The van der Waals surface area contributed by atoms with Crippen molar-refractivity contribution in [3.05, 3.63) is 35.4 Å². The van der Waals surface area contributed by atoms with E-state index < -0.39 is 12.0 Å². The van der Waals surface area contributed by atoms with Gasteiger partial charge >= 0.3 is 5.97 Å². The minimum Gasteiger partial charge on any atom is -0.480 e. The molecule has 4 heteroatoms. The summed E-state index contributed by atoms with van der Waals surface area (Å²) in [6.07, 6.45) is 0.518. The van der Waals surface area contributed by atoms with Crippen LogP contribution >= 0.6 is 11.8 Å². The Labute approximate surface area is 113 Å². The summed E-state index contributed by atoms with van der Waals surface area (Å²) >= 11 is 1.72. The van der Waals surface area contributed by atoms with Gasteiger partial charge in [-0.05, 0) is 29.2 Å². The lowest BCUT2D eigenvalue weighted by Gasteiger charge is -2.08. The largest absolute Gasteiger partial charge is 0.480 e. The van der Waals surface area contributed by atoms with Gasteiger partial charge in [0, 0.05) is 5.75 Å². The molecule has 1 aromatic carbocycles. The highest BCUT2D eigenvalue weighted by atomic mass is 32.2. The molecular weight excluding hydrogens is 246 g/mol. The molecule has 1 unspecified atom stereocenters. The maximum Gasteiger partial charge on any atom is 0.320 e. The van der Waals surface area contributed by atoms with E-state index in [1.807, 2.05) is 0 Å². The number of rotatable bonds is 7. The van der Waals surface area contributed by atoms with Gasteiger partial charge in [0.25, 0.3) is 0 Å². The van der Waals surface area contributed by atoms with E-state index in [1.54, 1.807) is 11.8 Å². The van der Waals surface area contributed by atoms with Gasteiger partial charge < -0.3 is 10.8 Å². The fraction of sp³-hybridized carbons (Fsp3) is 0.500. The summed E-state index contributed by atoms with van der Waals surface area (Å²) in [6.45, 7) is 4.36. The molecule has 0 aliphatic carbocycles. The second-order valence-corrected chi connectivity index (χ2v) is 5.79. The number of carboxylic acids is 1. The number of hydrogen-bond acceptors (Lipinski definition) is 3. The predicted molar refractivity (Wildman–Crippen MR) is 76.9 cm³/mol. The molecule has 0 aliphatic rings. The fourth-order valence-electron chi connectivity index (χ4n) is 1.52. The van der Waals surface area contributed by atoms with Crippen LogP contribution in [-0.4, -0.2) is 22.9 Å². The van der Waals surface area contributed by atoms with Crippen molar-refractivity contribution in [3.63, 3.8) is 0 Å². The van der Waals surface area contributed by atoms with E-state index in [0.717, 1.165) is 11.5 Å². The van der Waals surface area contributed by atoms with Crippen molar-refractivity contribution in [2.45, 2.75) is 38.0 Å². The van der Waals surface area contributed by atoms with Crippen LogP contribution in [0, 0.1) is 0 Å². The summed E-state index contributed by atoms with van der Waals surface area (Å²) in [5, 5.41) is 8.65. The molecule has 18 heavy (non-hydrogen) atoms. The highest BCUT2D eigenvalue weighted by Gasteiger charge is 2.10. The molecule has 100 valence electrons. The van der Waals surface area contributed by atoms with Crippen molar-refractivity contribution in [2.75, 3.05) is 5.75 Å². The zero-order valence-electron chi connectivity index (χ0n) is 10.9. The number of hydrogen-bond donors (Lipinski definition) is 2. The Morgan fingerprint density at radius 2 is 1.94 bits per heavy atom. The third-order valence-corrected chi connectivity index (χ3v) is 3.87. The van der Waals surface area contributed by atoms with E-state index in [2.05, 4.69) is 38.1 Å². The van der Waals surface area contributed by atoms with Crippen molar-refractivity contribution >= 4 is 17.7 Å². The highest BCUT2D eigenvalue weighted by Crippen LogP contribution is 2.18. The van der Waals surface area contributed by atoms with Crippen LogP contribution in [0.3, 0.4) is 0 Å². The Hall–Kier alpha value is -1.00. The van der Waals surface area contributed by atoms with Gasteiger partial charge in [-0.25, -0.2) is 0 Å². The number of carboxylic acid groups (broad SMARTS) is 1. The minimum atomic E-state index is -0.920. The molecule has 0 heterocycles. The lowest BCUT2D eigenvalue weighted by atomic mass is 10.0. The summed E-state index contributed by atoms with van der Waals surface area (Å²) in [6, 6.07) is 7.85. The van der Waals surface area contributed by atoms with Crippen LogP contribution in [0.5, 0.6) is 0 Å². The average Bonchev–Trinajstić information content (AvgIpc) is 2.34. The van der Waals surface area contributed by atoms with Crippen LogP contribution in [0.4, 0.5) is 0 Å². The molecule has 3 N–H and O–H groups in total. The molecule has 1 rings (SSSR count). The normalized spacial score (nSPS) is 12.7. The second-order valence-electron chi connectivity index (χ2n) is 4.68. The summed E-state index contributed by atoms with van der Waals surface area (Å²) in [5.41, 5.74) is 8.05. The molecule has 0 amide bonds. The first-order chi connectivity index (χ1) is 8.50.